The van der Waals surface area contributed by atoms with Crippen LogP contribution in [0, 0.1) is 0 Å². The molecule has 0 spiro atoms. The van der Waals surface area contributed by atoms with Crippen LogP contribution in [-0.2, 0) is 10.2 Å². The van der Waals surface area contributed by atoms with Gasteiger partial charge in [0.2, 0.25) is 5.16 Å². The number of aromatic nitrogens is 3. The zero-order valence-corrected chi connectivity index (χ0v) is 13.6. The molecule has 1 aliphatic heterocycles. The summed E-state index contributed by atoms with van der Waals surface area (Å²) in [7, 11) is 0. The topological polar surface area (TPSA) is 69.2 Å². The van der Waals surface area contributed by atoms with Crippen molar-refractivity contribution in [2.75, 3.05) is 37.8 Å². The monoisotopic (exact) mass is 299 g/mol. The third-order valence-electron chi connectivity index (χ3n) is 3.30. The first-order valence-corrected chi connectivity index (χ1v) is 8.04. The number of nitrogens with zero attached hydrogens (tertiary/aromatic N) is 4. The van der Waals surface area contributed by atoms with Gasteiger partial charge in [-0.1, -0.05) is 32.5 Å². The Morgan fingerprint density at radius 1 is 1.40 bits per heavy atom. The van der Waals surface area contributed by atoms with Gasteiger partial charge in [-0.05, 0) is 6.92 Å². The maximum atomic E-state index is 6.07. The fourth-order valence-corrected chi connectivity index (χ4v) is 3.10. The predicted molar refractivity (Wildman–Crippen MR) is 81.5 cm³/mol. The summed E-state index contributed by atoms with van der Waals surface area (Å²) in [5.74, 6) is 7.85. The van der Waals surface area contributed by atoms with Crippen LogP contribution in [0.2, 0.25) is 0 Å². The van der Waals surface area contributed by atoms with Crippen LogP contribution >= 0.6 is 11.8 Å². The highest BCUT2D eigenvalue weighted by molar-refractivity contribution is 7.99. The first kappa shape index (κ1) is 15.6. The maximum Gasteiger partial charge on any atom is 0.209 e. The van der Waals surface area contributed by atoms with Crippen LogP contribution in [0.3, 0.4) is 0 Å². The van der Waals surface area contributed by atoms with Crippen LogP contribution in [0.4, 0.5) is 0 Å². The normalized spacial score (nSPS) is 21.3. The van der Waals surface area contributed by atoms with Gasteiger partial charge in [0.1, 0.15) is 0 Å². The molecule has 0 saturated carbocycles. The molecule has 1 aromatic heterocycles. The Morgan fingerprint density at radius 2 is 2.15 bits per heavy atom. The minimum absolute atomic E-state index is 0.0831. The standard InChI is InChI=1S/C13H25N5OS/c1-10-9-17(5-7-19-10)6-8-20-12-16-15-11(18(12)14)13(2,3)4/h10H,5-9,14H2,1-4H3. The van der Waals surface area contributed by atoms with Crippen LogP contribution in [0.5, 0.6) is 0 Å². The van der Waals surface area contributed by atoms with Gasteiger partial charge < -0.3 is 10.6 Å². The second kappa shape index (κ2) is 6.32. The van der Waals surface area contributed by atoms with Gasteiger partial charge in [0.15, 0.2) is 5.82 Å². The van der Waals surface area contributed by atoms with Crippen molar-refractivity contribution in [3.63, 3.8) is 0 Å². The number of rotatable bonds is 4. The molecule has 20 heavy (non-hydrogen) atoms. The van der Waals surface area contributed by atoms with E-state index >= 15 is 0 Å². The summed E-state index contributed by atoms with van der Waals surface area (Å²) in [5.41, 5.74) is -0.0831. The molecule has 1 unspecified atom stereocenters. The van der Waals surface area contributed by atoms with Crippen LogP contribution in [-0.4, -0.2) is 57.9 Å². The predicted octanol–water partition coefficient (Wildman–Crippen LogP) is 1.10. The molecule has 7 heteroatoms. The largest absolute Gasteiger partial charge is 0.376 e. The summed E-state index contributed by atoms with van der Waals surface area (Å²) >= 11 is 1.66. The molecule has 6 nitrogen and oxygen atoms in total. The number of hydrogen-bond donors (Lipinski definition) is 1. The molecule has 1 aromatic rings. The lowest BCUT2D eigenvalue weighted by Crippen LogP contribution is -2.42. The fourth-order valence-electron chi connectivity index (χ4n) is 2.25. The van der Waals surface area contributed by atoms with E-state index in [1.807, 2.05) is 0 Å². The summed E-state index contributed by atoms with van der Waals surface area (Å²) in [6.07, 6.45) is 0.333. The third kappa shape index (κ3) is 3.86. The molecule has 2 rings (SSSR count). The number of nitrogens with two attached hydrogens (primary N) is 1. The Morgan fingerprint density at radius 3 is 2.75 bits per heavy atom. The number of nitrogen functional groups attached to an aromatic ring is 1. The van der Waals surface area contributed by atoms with E-state index in [9.17, 15) is 0 Å². The number of ether oxygens (including phenoxy) is 1. The zero-order valence-electron chi connectivity index (χ0n) is 12.8. The second-order valence-corrected chi connectivity index (χ2v) is 7.32. The Bertz CT molecular complexity index is 442. The molecular weight excluding hydrogens is 274 g/mol. The van der Waals surface area contributed by atoms with Crippen molar-refractivity contribution in [1.29, 1.82) is 0 Å². The highest BCUT2D eigenvalue weighted by atomic mass is 32.2. The molecule has 0 amide bonds. The van der Waals surface area contributed by atoms with Crippen molar-refractivity contribution in [3.8, 4) is 0 Å². The van der Waals surface area contributed by atoms with E-state index in [-0.39, 0.29) is 5.41 Å². The van der Waals surface area contributed by atoms with Crippen molar-refractivity contribution in [1.82, 2.24) is 19.8 Å². The summed E-state index contributed by atoms with van der Waals surface area (Å²) < 4.78 is 7.16. The van der Waals surface area contributed by atoms with Crippen LogP contribution in [0.1, 0.15) is 33.5 Å². The van der Waals surface area contributed by atoms with Gasteiger partial charge in [0, 0.05) is 30.8 Å². The summed E-state index contributed by atoms with van der Waals surface area (Å²) in [6, 6.07) is 0. The molecule has 0 radical (unpaired) electrons. The molecule has 0 bridgehead atoms. The SMILES string of the molecule is CC1CN(CCSc2nnc(C(C)(C)C)n2N)CCO1. The molecule has 1 atom stereocenters. The van der Waals surface area contributed by atoms with Gasteiger partial charge in [-0.2, -0.15) is 0 Å². The smallest absolute Gasteiger partial charge is 0.209 e. The van der Waals surface area contributed by atoms with Crippen LogP contribution < -0.4 is 5.84 Å². The number of thioether (sulfide) groups is 1. The van der Waals surface area contributed by atoms with Gasteiger partial charge >= 0.3 is 0 Å². The Balaban J connectivity index is 1.84. The molecule has 2 N–H and O–H groups in total. The van der Waals surface area contributed by atoms with E-state index in [1.165, 1.54) is 0 Å². The van der Waals surface area contributed by atoms with Crippen LogP contribution in [0.25, 0.3) is 0 Å². The van der Waals surface area contributed by atoms with E-state index < -0.39 is 0 Å². The first-order chi connectivity index (χ1) is 9.38. The number of hydrogen-bond acceptors (Lipinski definition) is 6. The van der Waals surface area contributed by atoms with Crippen LogP contribution in [0.15, 0.2) is 5.16 Å². The fraction of sp³-hybridized carbons (Fsp3) is 0.846. The van der Waals surface area contributed by atoms with Crippen molar-refractivity contribution in [2.24, 2.45) is 0 Å². The lowest BCUT2D eigenvalue weighted by Gasteiger charge is -2.30. The average Bonchev–Trinajstić information content (AvgIpc) is 2.71. The summed E-state index contributed by atoms with van der Waals surface area (Å²) in [5, 5.41) is 9.17. The molecule has 1 aliphatic rings. The molecular formula is C13H25N5OS. The van der Waals surface area contributed by atoms with E-state index in [1.54, 1.807) is 16.4 Å². The van der Waals surface area contributed by atoms with Gasteiger partial charge in [-0.25, -0.2) is 4.68 Å². The molecule has 1 fully saturated rings. The van der Waals surface area contributed by atoms with Crippen molar-refractivity contribution >= 4 is 11.8 Å². The number of morpholine rings is 1. The van der Waals surface area contributed by atoms with E-state index in [0.29, 0.717) is 6.10 Å². The Labute approximate surface area is 125 Å². The summed E-state index contributed by atoms with van der Waals surface area (Å²) in [6.45, 7) is 12.2. The minimum Gasteiger partial charge on any atom is -0.376 e. The van der Waals surface area contributed by atoms with E-state index in [4.69, 9.17) is 10.6 Å². The lowest BCUT2D eigenvalue weighted by atomic mass is 9.96. The van der Waals surface area contributed by atoms with Gasteiger partial charge in [-0.15, -0.1) is 10.2 Å². The molecule has 0 aromatic carbocycles. The third-order valence-corrected chi connectivity index (χ3v) is 4.22. The Kier molecular flexibility index (Phi) is 4.93. The molecule has 2 heterocycles. The molecule has 1 saturated heterocycles. The van der Waals surface area contributed by atoms with E-state index in [2.05, 4.69) is 42.8 Å². The van der Waals surface area contributed by atoms with Crippen molar-refractivity contribution < 1.29 is 4.74 Å². The average molecular weight is 299 g/mol. The molecule has 0 aliphatic carbocycles. The Hall–Kier alpha value is -0.790. The highest BCUT2D eigenvalue weighted by Crippen LogP contribution is 2.23. The lowest BCUT2D eigenvalue weighted by molar-refractivity contribution is -0.0158. The van der Waals surface area contributed by atoms with Crippen molar-refractivity contribution in [3.05, 3.63) is 5.82 Å². The first-order valence-electron chi connectivity index (χ1n) is 7.05. The quantitative estimate of drug-likeness (QED) is 0.663. The second-order valence-electron chi connectivity index (χ2n) is 6.26. The van der Waals surface area contributed by atoms with Crippen molar-refractivity contribution in [2.45, 2.75) is 44.4 Å². The van der Waals surface area contributed by atoms with Gasteiger partial charge in [0.25, 0.3) is 0 Å². The van der Waals surface area contributed by atoms with E-state index in [0.717, 1.165) is 43.0 Å². The van der Waals surface area contributed by atoms with Gasteiger partial charge in [-0.3, -0.25) is 4.90 Å². The summed E-state index contributed by atoms with van der Waals surface area (Å²) in [4.78, 5) is 2.42. The maximum absolute atomic E-state index is 6.07. The highest BCUT2D eigenvalue weighted by Gasteiger charge is 2.23. The van der Waals surface area contributed by atoms with Gasteiger partial charge in [0.05, 0.1) is 12.7 Å². The molecule has 114 valence electrons. The minimum atomic E-state index is -0.0831. The zero-order chi connectivity index (χ0) is 14.8.